The highest BCUT2D eigenvalue weighted by Gasteiger charge is 2.49. The summed E-state index contributed by atoms with van der Waals surface area (Å²) in [5, 5.41) is 11.3. The second-order valence-corrected chi connectivity index (χ2v) is 22.3. The van der Waals surface area contributed by atoms with Crippen LogP contribution in [0.5, 0.6) is 0 Å². The van der Waals surface area contributed by atoms with Crippen LogP contribution >= 0.6 is 0 Å². The molecule has 6 aliphatic carbocycles. The molecule has 4 nitrogen and oxygen atoms in total. The minimum Gasteiger partial charge on any atom is -0.388 e. The Morgan fingerprint density at radius 1 is 0.551 bits per heavy atom. The first kappa shape index (κ1) is 50.1. The van der Waals surface area contributed by atoms with Crippen molar-refractivity contribution in [3.63, 3.8) is 0 Å². The molecule has 0 bridgehead atoms. The van der Waals surface area contributed by atoms with Crippen molar-refractivity contribution in [3.05, 3.63) is 127 Å². The largest absolute Gasteiger partial charge is 0.416 e. The third-order valence-corrected chi connectivity index (χ3v) is 17.1. The quantitative estimate of drug-likeness (QED) is 0.170. The normalized spacial score (nSPS) is 23.1. The molecule has 4 fully saturated rings. The van der Waals surface area contributed by atoms with Crippen LogP contribution in [0.3, 0.4) is 0 Å². The smallest absolute Gasteiger partial charge is 0.388 e. The monoisotopic (exact) mass is 965 g/mol. The predicted molar refractivity (Wildman–Crippen MR) is 252 cm³/mol. The lowest BCUT2D eigenvalue weighted by molar-refractivity contribution is -0.138. The fraction of sp³-hybridized carbons (Fsp3) is 0.614. The molecule has 0 radical (unpaired) electrons. The van der Waals surface area contributed by atoms with Crippen molar-refractivity contribution in [3.8, 4) is 0 Å². The van der Waals surface area contributed by atoms with E-state index in [1.165, 1.54) is 49.9 Å². The zero-order valence-corrected chi connectivity index (χ0v) is 40.7. The van der Waals surface area contributed by atoms with E-state index in [-0.39, 0.29) is 51.7 Å². The maximum Gasteiger partial charge on any atom is 0.416 e. The molecule has 10 rings (SSSR count). The Hall–Kier alpha value is -3.90. The summed E-state index contributed by atoms with van der Waals surface area (Å²) in [4.78, 5) is 10.1. The summed E-state index contributed by atoms with van der Waals surface area (Å²) in [5.74, 6) is 0.357. The summed E-state index contributed by atoms with van der Waals surface area (Å²) in [5.41, 5.74) is 7.62. The number of fused-ring (bicyclic) bond motifs is 2. The van der Waals surface area contributed by atoms with Gasteiger partial charge in [0.2, 0.25) is 0 Å². The first-order valence-electron chi connectivity index (χ1n) is 25.7. The summed E-state index contributed by atoms with van der Waals surface area (Å²) >= 11 is 0. The average Bonchev–Trinajstić information content (AvgIpc) is 4.04. The number of ether oxygens (including phenoxy) is 1. The van der Waals surface area contributed by atoms with E-state index in [1.54, 1.807) is 7.11 Å². The molecule has 2 spiro atoms. The number of pyridine rings is 2. The van der Waals surface area contributed by atoms with Gasteiger partial charge in [-0.15, -0.1) is 0 Å². The molecule has 4 saturated carbocycles. The minimum absolute atomic E-state index is 0.00316. The SMILES string of the molecule is CC(C)c1nc2c(c(C3CCCC3)c1[C@@H](F)c1ccc(C(F)(F)F)cc1)[C@@H](O)CC1(CCC1)C2.CO[C@H]1CC2(CCC2)Cc2nc(C(C)C)c([C@@H](F)c3ccc(C(F)(F)F)cc3)c(C3CCCC3)c21. The van der Waals surface area contributed by atoms with Crippen LogP contribution < -0.4 is 0 Å². The third kappa shape index (κ3) is 9.64. The number of nitrogens with zero attached hydrogens (tertiary/aromatic N) is 2. The molecular weight excluding hydrogens is 897 g/mol. The number of aromatic nitrogens is 2. The van der Waals surface area contributed by atoms with E-state index in [9.17, 15) is 31.4 Å². The number of rotatable bonds is 9. The van der Waals surface area contributed by atoms with Gasteiger partial charge < -0.3 is 9.84 Å². The van der Waals surface area contributed by atoms with Gasteiger partial charge in [-0.3, -0.25) is 9.97 Å². The molecule has 4 atom stereocenters. The van der Waals surface area contributed by atoms with Crippen molar-refractivity contribution in [2.24, 2.45) is 10.8 Å². The first-order valence-corrected chi connectivity index (χ1v) is 25.7. The standard InChI is InChI=1S/C29H35F4NO.C28H33F4NO/c1-17(2)27-25(26(30)19-9-11-20(12-10-19)29(31,32)33)23(18-7-4-5-8-18)24-21(34-27)15-28(13-6-14-28)16-22(24)35-3;1-16(2)26-24(25(29)18-8-10-19(11-9-18)28(30,31)32)22(17-6-3-4-7-17)23-20(33-26)14-27(12-5-13-27)15-21(23)34/h9-12,17-18,22,26H,4-8,13-16H2,1-3H3;8-11,16-17,21,25,34H,3-7,12-15H2,1-2H3/t22-,26-;21-,25-/m00/s1. The molecule has 0 amide bonds. The second kappa shape index (κ2) is 19.3. The van der Waals surface area contributed by atoms with Crippen molar-refractivity contribution >= 4 is 0 Å². The van der Waals surface area contributed by atoms with E-state index in [0.717, 1.165) is 147 Å². The van der Waals surface area contributed by atoms with Crippen LogP contribution in [0.1, 0.15) is 257 Å². The van der Waals surface area contributed by atoms with E-state index < -0.39 is 41.9 Å². The molecule has 374 valence electrons. The van der Waals surface area contributed by atoms with Gasteiger partial charge in [-0.25, -0.2) is 8.78 Å². The van der Waals surface area contributed by atoms with Crippen LogP contribution in [0, 0.1) is 10.8 Å². The van der Waals surface area contributed by atoms with Crippen LogP contribution in [0.2, 0.25) is 0 Å². The van der Waals surface area contributed by atoms with Crippen LogP contribution in [0.15, 0.2) is 48.5 Å². The molecule has 4 aromatic rings. The molecular formula is C57H68F8N2O2. The molecule has 2 heterocycles. The Morgan fingerprint density at radius 3 is 1.28 bits per heavy atom. The lowest BCUT2D eigenvalue weighted by Gasteiger charge is -2.48. The van der Waals surface area contributed by atoms with Crippen molar-refractivity contribution in [1.82, 2.24) is 9.97 Å². The number of alkyl halides is 8. The summed E-state index contributed by atoms with van der Waals surface area (Å²) in [6, 6.07) is 8.93. The van der Waals surface area contributed by atoms with Crippen LogP contribution in [0.25, 0.3) is 0 Å². The Balaban J connectivity index is 0.000000172. The molecule has 0 unspecified atom stereocenters. The van der Waals surface area contributed by atoms with Crippen LogP contribution in [-0.4, -0.2) is 22.2 Å². The van der Waals surface area contributed by atoms with Crippen molar-refractivity contribution < 1.29 is 45.0 Å². The first-order chi connectivity index (χ1) is 32.7. The molecule has 2 aromatic carbocycles. The number of halogens is 8. The van der Waals surface area contributed by atoms with Gasteiger partial charge in [0, 0.05) is 52.1 Å². The van der Waals surface area contributed by atoms with Crippen molar-refractivity contribution in [2.45, 2.75) is 204 Å². The topological polar surface area (TPSA) is 55.2 Å². The van der Waals surface area contributed by atoms with E-state index in [4.69, 9.17) is 14.7 Å². The highest BCUT2D eigenvalue weighted by molar-refractivity contribution is 5.53. The molecule has 0 saturated heterocycles. The maximum absolute atomic E-state index is 16.5. The van der Waals surface area contributed by atoms with E-state index >= 15 is 8.78 Å². The lowest BCUT2D eigenvalue weighted by atomic mass is 9.59. The zero-order chi connectivity index (χ0) is 49.2. The Morgan fingerprint density at radius 2 is 0.928 bits per heavy atom. The molecule has 69 heavy (non-hydrogen) atoms. The van der Waals surface area contributed by atoms with Gasteiger partial charge in [-0.2, -0.15) is 26.3 Å². The second-order valence-electron chi connectivity index (χ2n) is 22.3. The minimum atomic E-state index is -4.46. The van der Waals surface area contributed by atoms with Crippen LogP contribution in [0.4, 0.5) is 35.1 Å². The van der Waals surface area contributed by atoms with Gasteiger partial charge in [-0.05, 0) is 158 Å². The number of aliphatic hydroxyl groups excluding tert-OH is 1. The van der Waals surface area contributed by atoms with E-state index in [2.05, 4.69) is 0 Å². The molecule has 6 aliphatic rings. The highest BCUT2D eigenvalue weighted by Crippen LogP contribution is 2.59. The molecule has 0 aliphatic heterocycles. The lowest BCUT2D eigenvalue weighted by Crippen LogP contribution is -2.39. The highest BCUT2D eigenvalue weighted by atomic mass is 19.4. The van der Waals surface area contributed by atoms with Crippen molar-refractivity contribution in [2.75, 3.05) is 7.11 Å². The molecule has 1 N–H and O–H groups in total. The summed E-state index contributed by atoms with van der Waals surface area (Å²) in [6.45, 7) is 8.06. The predicted octanol–water partition coefficient (Wildman–Crippen LogP) is 16.8. The molecule has 12 heteroatoms. The van der Waals surface area contributed by atoms with Gasteiger partial charge in [0.05, 0.1) is 23.3 Å². The van der Waals surface area contributed by atoms with Gasteiger partial charge in [0.15, 0.2) is 12.3 Å². The summed E-state index contributed by atoms with van der Waals surface area (Å²) < 4.78 is 118. The van der Waals surface area contributed by atoms with Crippen molar-refractivity contribution in [1.29, 1.82) is 0 Å². The number of methoxy groups -OCH3 is 1. The van der Waals surface area contributed by atoms with E-state index in [1.807, 2.05) is 27.7 Å². The molecule has 2 aromatic heterocycles. The Kier molecular flexibility index (Phi) is 14.0. The number of hydrogen-bond donors (Lipinski definition) is 1. The van der Waals surface area contributed by atoms with Gasteiger partial charge in [0.25, 0.3) is 0 Å². The Labute approximate surface area is 402 Å². The Bertz CT molecular complexity index is 2460. The number of hydrogen-bond acceptors (Lipinski definition) is 4. The fourth-order valence-electron chi connectivity index (χ4n) is 13.3. The zero-order valence-electron chi connectivity index (χ0n) is 40.7. The maximum atomic E-state index is 16.5. The fourth-order valence-corrected chi connectivity index (χ4v) is 13.3. The third-order valence-electron chi connectivity index (χ3n) is 17.1. The van der Waals surface area contributed by atoms with Gasteiger partial charge in [0.1, 0.15) is 0 Å². The average molecular weight is 965 g/mol. The summed E-state index contributed by atoms with van der Waals surface area (Å²) in [7, 11) is 1.74. The van der Waals surface area contributed by atoms with Gasteiger partial charge >= 0.3 is 12.4 Å². The number of benzene rings is 2. The van der Waals surface area contributed by atoms with Gasteiger partial charge in [-0.1, -0.05) is 90.5 Å². The summed E-state index contributed by atoms with van der Waals surface area (Å²) in [6.07, 6.45) is 5.80. The van der Waals surface area contributed by atoms with E-state index in [0.29, 0.717) is 23.2 Å². The van der Waals surface area contributed by atoms with Crippen LogP contribution in [-0.2, 0) is 29.9 Å². The number of aliphatic hydroxyl groups is 1.